The lowest BCUT2D eigenvalue weighted by Crippen LogP contribution is -2.46. The summed E-state index contributed by atoms with van der Waals surface area (Å²) in [5.74, 6) is -2.74. The molecule has 0 spiro atoms. The van der Waals surface area contributed by atoms with Gasteiger partial charge in [-0.05, 0) is 42.8 Å². The number of aromatic nitrogens is 2. The van der Waals surface area contributed by atoms with Gasteiger partial charge in [0.2, 0.25) is 0 Å². The molecule has 1 saturated heterocycles. The van der Waals surface area contributed by atoms with Crippen molar-refractivity contribution in [2.75, 3.05) is 42.9 Å². The maximum atomic E-state index is 14.7. The maximum Gasteiger partial charge on any atom is 0.318 e. The SMILES string of the molecule is CCc1ccc(Nc2c(-c3nnc(N4CCN(CC)CC4)o3)ccc(F)c2F)c(F)c1. The van der Waals surface area contributed by atoms with Crippen LogP contribution in [-0.4, -0.2) is 47.8 Å². The second-order valence-electron chi connectivity index (χ2n) is 7.39. The molecular weight excluding hydrogens is 407 g/mol. The molecule has 1 aliphatic heterocycles. The molecular formula is C22H24F3N5O. The van der Waals surface area contributed by atoms with Crippen molar-refractivity contribution in [3.05, 3.63) is 53.3 Å². The van der Waals surface area contributed by atoms with E-state index >= 15 is 0 Å². The molecule has 3 aromatic rings. The van der Waals surface area contributed by atoms with Crippen molar-refractivity contribution in [2.24, 2.45) is 0 Å². The maximum absolute atomic E-state index is 14.7. The zero-order valence-corrected chi connectivity index (χ0v) is 17.5. The third-order valence-corrected chi connectivity index (χ3v) is 5.53. The number of piperazine rings is 1. The molecule has 31 heavy (non-hydrogen) atoms. The normalized spacial score (nSPS) is 14.8. The van der Waals surface area contributed by atoms with Gasteiger partial charge in [-0.2, -0.15) is 0 Å². The lowest BCUT2D eigenvalue weighted by Gasteiger charge is -2.32. The van der Waals surface area contributed by atoms with E-state index in [4.69, 9.17) is 4.42 Å². The van der Waals surface area contributed by atoms with Crippen molar-refractivity contribution in [2.45, 2.75) is 20.3 Å². The number of anilines is 3. The summed E-state index contributed by atoms with van der Waals surface area (Å²) in [7, 11) is 0. The highest BCUT2D eigenvalue weighted by Gasteiger charge is 2.24. The summed E-state index contributed by atoms with van der Waals surface area (Å²) in [5.41, 5.74) is 0.726. The highest BCUT2D eigenvalue weighted by Crippen LogP contribution is 2.35. The Balaban J connectivity index is 1.64. The molecule has 1 N–H and O–H groups in total. The average molecular weight is 431 g/mol. The van der Waals surface area contributed by atoms with Crippen LogP contribution in [0.1, 0.15) is 19.4 Å². The molecule has 0 atom stereocenters. The minimum atomic E-state index is -1.15. The molecule has 1 aromatic heterocycles. The molecule has 0 bridgehead atoms. The van der Waals surface area contributed by atoms with Crippen molar-refractivity contribution in [3.63, 3.8) is 0 Å². The fourth-order valence-electron chi connectivity index (χ4n) is 3.57. The van der Waals surface area contributed by atoms with Crippen molar-refractivity contribution in [1.82, 2.24) is 15.1 Å². The molecule has 4 rings (SSSR count). The van der Waals surface area contributed by atoms with Gasteiger partial charge in [0, 0.05) is 26.2 Å². The van der Waals surface area contributed by atoms with Crippen LogP contribution in [0.25, 0.3) is 11.5 Å². The van der Waals surface area contributed by atoms with Gasteiger partial charge in [-0.15, -0.1) is 5.10 Å². The number of halogens is 3. The smallest absolute Gasteiger partial charge is 0.318 e. The average Bonchev–Trinajstić information content (AvgIpc) is 3.28. The van der Waals surface area contributed by atoms with E-state index in [1.165, 1.54) is 18.2 Å². The van der Waals surface area contributed by atoms with Gasteiger partial charge in [0.1, 0.15) is 5.82 Å². The van der Waals surface area contributed by atoms with E-state index in [0.29, 0.717) is 12.4 Å². The van der Waals surface area contributed by atoms with Gasteiger partial charge in [0.05, 0.1) is 16.9 Å². The van der Waals surface area contributed by atoms with E-state index in [-0.39, 0.29) is 22.8 Å². The van der Waals surface area contributed by atoms with Crippen molar-refractivity contribution < 1.29 is 17.6 Å². The van der Waals surface area contributed by atoms with E-state index in [9.17, 15) is 13.2 Å². The molecule has 0 amide bonds. The topological polar surface area (TPSA) is 57.4 Å². The largest absolute Gasteiger partial charge is 0.403 e. The molecule has 1 aliphatic rings. The molecule has 1 fully saturated rings. The Hall–Kier alpha value is -3.07. The van der Waals surface area contributed by atoms with Crippen molar-refractivity contribution in [1.29, 1.82) is 0 Å². The van der Waals surface area contributed by atoms with Gasteiger partial charge < -0.3 is 19.5 Å². The Kier molecular flexibility index (Phi) is 6.13. The van der Waals surface area contributed by atoms with Crippen LogP contribution in [0.5, 0.6) is 0 Å². The van der Waals surface area contributed by atoms with Crippen LogP contribution in [0.4, 0.5) is 30.6 Å². The monoisotopic (exact) mass is 431 g/mol. The number of nitrogens with one attached hydrogen (secondary N) is 1. The third-order valence-electron chi connectivity index (χ3n) is 5.53. The third kappa shape index (κ3) is 4.36. The van der Waals surface area contributed by atoms with E-state index in [1.807, 2.05) is 11.8 Å². The number of aryl methyl sites for hydroxylation is 1. The number of benzene rings is 2. The molecule has 164 valence electrons. The van der Waals surface area contributed by atoms with Crippen LogP contribution in [0, 0.1) is 17.5 Å². The summed E-state index contributed by atoms with van der Waals surface area (Å²) in [6.07, 6.45) is 0.661. The fraction of sp³-hybridized carbons (Fsp3) is 0.364. The standard InChI is InChI=1S/C22H24F3N5O/c1-3-14-5-8-18(17(24)13-14)26-20-15(6-7-16(23)19(20)25)21-27-28-22(31-21)30-11-9-29(4-2)10-12-30/h5-8,13,26H,3-4,9-12H2,1-2H3. The number of hydrogen-bond acceptors (Lipinski definition) is 6. The molecule has 0 radical (unpaired) electrons. The van der Waals surface area contributed by atoms with Gasteiger partial charge in [-0.1, -0.05) is 25.0 Å². The summed E-state index contributed by atoms with van der Waals surface area (Å²) in [6, 6.07) is 7.22. The Bertz CT molecular complexity index is 1060. The molecule has 9 heteroatoms. The lowest BCUT2D eigenvalue weighted by molar-refractivity contribution is 0.266. The second kappa shape index (κ2) is 8.97. The van der Waals surface area contributed by atoms with Crippen LogP contribution >= 0.6 is 0 Å². The predicted molar refractivity (Wildman–Crippen MR) is 113 cm³/mol. The van der Waals surface area contributed by atoms with Crippen LogP contribution in [0.2, 0.25) is 0 Å². The molecule has 0 saturated carbocycles. The van der Waals surface area contributed by atoms with Crippen LogP contribution in [0.3, 0.4) is 0 Å². The highest BCUT2D eigenvalue weighted by atomic mass is 19.2. The summed E-state index contributed by atoms with van der Waals surface area (Å²) in [6.45, 7) is 8.19. The lowest BCUT2D eigenvalue weighted by atomic mass is 10.1. The van der Waals surface area contributed by atoms with E-state index in [2.05, 4.69) is 27.3 Å². The Morgan fingerprint density at radius 1 is 0.968 bits per heavy atom. The van der Waals surface area contributed by atoms with E-state index < -0.39 is 17.5 Å². The Morgan fingerprint density at radius 2 is 1.74 bits per heavy atom. The van der Waals surface area contributed by atoms with Gasteiger partial charge in [0.25, 0.3) is 5.89 Å². The molecule has 0 unspecified atom stereocenters. The molecule has 0 aliphatic carbocycles. The summed E-state index contributed by atoms with van der Waals surface area (Å²) < 4.78 is 48.9. The number of nitrogens with zero attached hydrogens (tertiary/aromatic N) is 4. The fourth-order valence-corrected chi connectivity index (χ4v) is 3.57. The summed E-state index contributed by atoms with van der Waals surface area (Å²) in [5, 5.41) is 10.8. The first kappa shape index (κ1) is 21.2. The van der Waals surface area contributed by atoms with Gasteiger partial charge in [0.15, 0.2) is 11.6 Å². The van der Waals surface area contributed by atoms with Gasteiger partial charge >= 0.3 is 6.01 Å². The first-order valence-electron chi connectivity index (χ1n) is 10.3. The second-order valence-corrected chi connectivity index (χ2v) is 7.39. The summed E-state index contributed by atoms with van der Waals surface area (Å²) >= 11 is 0. The highest BCUT2D eigenvalue weighted by molar-refractivity contribution is 5.78. The van der Waals surface area contributed by atoms with Crippen LogP contribution < -0.4 is 10.2 Å². The van der Waals surface area contributed by atoms with Gasteiger partial charge in [-0.3, -0.25) is 0 Å². The first-order chi connectivity index (χ1) is 15.0. The number of rotatable bonds is 6. The van der Waals surface area contributed by atoms with Crippen molar-refractivity contribution in [3.8, 4) is 11.5 Å². The Labute approximate surface area is 178 Å². The zero-order valence-electron chi connectivity index (χ0n) is 17.5. The van der Waals surface area contributed by atoms with Crippen LogP contribution in [0.15, 0.2) is 34.7 Å². The first-order valence-corrected chi connectivity index (χ1v) is 10.3. The molecule has 6 nitrogen and oxygen atoms in total. The van der Waals surface area contributed by atoms with E-state index in [0.717, 1.165) is 44.4 Å². The zero-order chi connectivity index (χ0) is 22.0. The van der Waals surface area contributed by atoms with Gasteiger partial charge in [-0.25, -0.2) is 13.2 Å². The number of hydrogen-bond donors (Lipinski definition) is 1. The minimum absolute atomic E-state index is 0.0263. The predicted octanol–water partition coefficient (Wildman–Crippen LogP) is 4.60. The number of likely N-dealkylation sites (N-methyl/N-ethyl adjacent to an activating group) is 1. The molecule has 2 aromatic carbocycles. The quantitative estimate of drug-likeness (QED) is 0.616. The minimum Gasteiger partial charge on any atom is -0.403 e. The van der Waals surface area contributed by atoms with E-state index in [1.54, 1.807) is 6.07 Å². The van der Waals surface area contributed by atoms with Crippen molar-refractivity contribution >= 4 is 17.4 Å². The molecule has 2 heterocycles. The summed E-state index contributed by atoms with van der Waals surface area (Å²) in [4.78, 5) is 4.27. The Morgan fingerprint density at radius 3 is 2.42 bits per heavy atom. The van der Waals surface area contributed by atoms with Crippen LogP contribution in [-0.2, 0) is 6.42 Å².